The molecule has 0 unspecified atom stereocenters. The van der Waals surface area contributed by atoms with Crippen LogP contribution < -0.4 is 0 Å². The van der Waals surface area contributed by atoms with E-state index in [4.69, 9.17) is 4.74 Å². The van der Waals surface area contributed by atoms with Gasteiger partial charge in [0.15, 0.2) is 18.1 Å². The van der Waals surface area contributed by atoms with Crippen LogP contribution in [0.5, 0.6) is 0 Å². The van der Waals surface area contributed by atoms with Gasteiger partial charge in [-0.15, -0.1) is 5.10 Å². The molecule has 0 spiro atoms. The van der Waals surface area contributed by atoms with Gasteiger partial charge < -0.3 is 9.30 Å². The number of aromatic nitrogens is 5. The monoisotopic (exact) mass is 477 g/mol. The van der Waals surface area contributed by atoms with Crippen molar-refractivity contribution in [3.63, 3.8) is 0 Å². The maximum absolute atomic E-state index is 13.5. The fraction of sp³-hybridized carbons (Fsp3) is 0.107. The van der Waals surface area contributed by atoms with Crippen molar-refractivity contribution >= 4 is 34.4 Å². The molecule has 0 radical (unpaired) electrons. The van der Waals surface area contributed by atoms with Gasteiger partial charge in [-0.1, -0.05) is 78.9 Å². The standard InChI is InChI=1S/C28H23N5O3/c1-19-29-30-31-33(19)24(17-20-11-5-3-6-12-20)28(35)36-18-25(34)26-22-15-9-10-16-23(22)32(2)27(26)21-13-7-4-8-14-21/h3-17H,18H2,1-2H3. The molecule has 2 heterocycles. The van der Waals surface area contributed by atoms with E-state index in [0.717, 1.165) is 27.7 Å². The first-order valence-electron chi connectivity index (χ1n) is 11.4. The molecule has 5 rings (SSSR count). The zero-order chi connectivity index (χ0) is 25.1. The minimum atomic E-state index is -0.705. The maximum Gasteiger partial charge on any atom is 0.357 e. The van der Waals surface area contributed by atoms with Crippen LogP contribution in [0.4, 0.5) is 0 Å². The number of fused-ring (bicyclic) bond motifs is 1. The molecule has 5 aromatic rings. The van der Waals surface area contributed by atoms with Gasteiger partial charge in [0.1, 0.15) is 0 Å². The van der Waals surface area contributed by atoms with Crippen LogP contribution in [0.3, 0.4) is 0 Å². The summed E-state index contributed by atoms with van der Waals surface area (Å²) in [4.78, 5) is 26.7. The molecular weight excluding hydrogens is 454 g/mol. The number of nitrogens with zero attached hydrogens (tertiary/aromatic N) is 5. The number of rotatable bonds is 7. The van der Waals surface area contributed by atoms with Crippen LogP contribution in [0.2, 0.25) is 0 Å². The van der Waals surface area contributed by atoms with E-state index in [1.165, 1.54) is 4.68 Å². The largest absolute Gasteiger partial charge is 0.453 e. The second-order valence-electron chi connectivity index (χ2n) is 8.24. The minimum Gasteiger partial charge on any atom is -0.453 e. The third-order valence-electron chi connectivity index (χ3n) is 5.93. The average Bonchev–Trinajstić information content (AvgIpc) is 3.47. The predicted molar refractivity (Wildman–Crippen MR) is 137 cm³/mol. The molecular formula is C28H23N5O3. The molecule has 0 amide bonds. The summed E-state index contributed by atoms with van der Waals surface area (Å²) in [7, 11) is 1.93. The highest BCUT2D eigenvalue weighted by Crippen LogP contribution is 2.33. The highest BCUT2D eigenvalue weighted by molar-refractivity contribution is 6.18. The van der Waals surface area contributed by atoms with Crippen LogP contribution in [-0.2, 0) is 16.6 Å². The van der Waals surface area contributed by atoms with E-state index in [9.17, 15) is 9.59 Å². The summed E-state index contributed by atoms with van der Waals surface area (Å²) in [5.41, 5.74) is 3.98. The van der Waals surface area contributed by atoms with Crippen molar-refractivity contribution in [3.05, 3.63) is 102 Å². The zero-order valence-corrected chi connectivity index (χ0v) is 19.8. The Labute approximate surface area is 207 Å². The average molecular weight is 478 g/mol. The molecule has 0 N–H and O–H groups in total. The Morgan fingerprint density at radius 2 is 1.58 bits per heavy atom. The zero-order valence-electron chi connectivity index (χ0n) is 19.8. The summed E-state index contributed by atoms with van der Waals surface area (Å²) in [5, 5.41) is 12.2. The normalized spacial score (nSPS) is 11.6. The molecule has 8 nitrogen and oxygen atoms in total. The van der Waals surface area contributed by atoms with E-state index in [2.05, 4.69) is 15.5 Å². The molecule has 8 heteroatoms. The Kier molecular flexibility index (Phi) is 6.23. The molecule has 0 saturated carbocycles. The summed E-state index contributed by atoms with van der Waals surface area (Å²) in [6.07, 6.45) is 1.63. The Morgan fingerprint density at radius 1 is 0.917 bits per heavy atom. The van der Waals surface area contributed by atoms with E-state index in [1.807, 2.05) is 96.5 Å². The fourth-order valence-corrected chi connectivity index (χ4v) is 4.25. The number of ether oxygens (including phenoxy) is 1. The molecule has 3 aromatic carbocycles. The van der Waals surface area contributed by atoms with Gasteiger partial charge in [0.2, 0.25) is 5.78 Å². The summed E-state index contributed by atoms with van der Waals surface area (Å²) in [5.74, 6) is -0.587. The Balaban J connectivity index is 1.48. The minimum absolute atomic E-state index is 0.109. The number of aryl methyl sites for hydroxylation is 2. The number of esters is 1. The summed E-state index contributed by atoms with van der Waals surface area (Å²) in [6, 6.07) is 26.7. The van der Waals surface area contributed by atoms with Crippen LogP contribution in [0.25, 0.3) is 33.9 Å². The quantitative estimate of drug-likeness (QED) is 0.194. The van der Waals surface area contributed by atoms with Crippen LogP contribution in [0.1, 0.15) is 21.7 Å². The number of ketones is 1. The van der Waals surface area contributed by atoms with Crippen molar-refractivity contribution in [1.29, 1.82) is 0 Å². The lowest BCUT2D eigenvalue weighted by molar-refractivity contribution is -0.136. The Bertz CT molecular complexity index is 1580. The van der Waals surface area contributed by atoms with Crippen LogP contribution in [-0.4, -0.2) is 43.1 Å². The molecule has 36 heavy (non-hydrogen) atoms. The SMILES string of the molecule is Cc1nnnn1C(=Cc1ccccc1)C(=O)OCC(=O)c1c(-c2ccccc2)n(C)c2ccccc12. The van der Waals surface area contributed by atoms with Crippen molar-refractivity contribution in [2.24, 2.45) is 7.05 Å². The van der Waals surface area contributed by atoms with E-state index < -0.39 is 12.6 Å². The van der Waals surface area contributed by atoms with Crippen molar-refractivity contribution < 1.29 is 14.3 Å². The lowest BCUT2D eigenvalue weighted by Crippen LogP contribution is -2.19. The first kappa shape index (κ1) is 22.9. The molecule has 0 atom stereocenters. The Hall–Kier alpha value is -4.85. The summed E-state index contributed by atoms with van der Waals surface area (Å²) < 4.78 is 8.83. The van der Waals surface area contributed by atoms with Crippen molar-refractivity contribution in [3.8, 4) is 11.3 Å². The lowest BCUT2D eigenvalue weighted by atomic mass is 10.0. The first-order chi connectivity index (χ1) is 17.5. The lowest BCUT2D eigenvalue weighted by Gasteiger charge is -2.10. The molecule has 0 aliphatic carbocycles. The number of Topliss-reactive ketones (excluding diaryl/α,β-unsaturated/α-hetero) is 1. The van der Waals surface area contributed by atoms with Gasteiger partial charge in [0.05, 0.1) is 11.3 Å². The molecule has 178 valence electrons. The number of para-hydroxylation sites is 1. The highest BCUT2D eigenvalue weighted by Gasteiger charge is 2.24. The second kappa shape index (κ2) is 9.79. The fourth-order valence-electron chi connectivity index (χ4n) is 4.25. The topological polar surface area (TPSA) is 91.9 Å². The number of hydrogen-bond acceptors (Lipinski definition) is 6. The number of hydrogen-bond donors (Lipinski definition) is 0. The second-order valence-corrected chi connectivity index (χ2v) is 8.24. The van der Waals surface area contributed by atoms with Crippen LogP contribution >= 0.6 is 0 Å². The van der Waals surface area contributed by atoms with Crippen LogP contribution in [0, 0.1) is 6.92 Å². The predicted octanol–water partition coefficient (Wildman–Crippen LogP) is 4.56. The van der Waals surface area contributed by atoms with E-state index in [1.54, 1.807) is 13.0 Å². The number of carbonyl (C=O) groups excluding carboxylic acids is 2. The van der Waals surface area contributed by atoms with Crippen LogP contribution in [0.15, 0.2) is 84.9 Å². The van der Waals surface area contributed by atoms with E-state index >= 15 is 0 Å². The molecule has 0 fully saturated rings. The Morgan fingerprint density at radius 3 is 2.28 bits per heavy atom. The van der Waals surface area contributed by atoms with Gasteiger partial charge in [-0.05, 0) is 40.6 Å². The highest BCUT2D eigenvalue weighted by atomic mass is 16.5. The van der Waals surface area contributed by atoms with Gasteiger partial charge >= 0.3 is 5.97 Å². The third kappa shape index (κ3) is 4.32. The summed E-state index contributed by atoms with van der Waals surface area (Å²) >= 11 is 0. The molecule has 0 saturated heterocycles. The molecule has 2 aromatic heterocycles. The van der Waals surface area contributed by atoms with Gasteiger partial charge in [-0.25, -0.2) is 4.79 Å². The van der Waals surface area contributed by atoms with Gasteiger partial charge in [-0.3, -0.25) is 4.79 Å². The van der Waals surface area contributed by atoms with Crippen molar-refractivity contribution in [2.45, 2.75) is 6.92 Å². The molecule has 0 aliphatic rings. The number of benzene rings is 3. The third-order valence-corrected chi connectivity index (χ3v) is 5.93. The van der Waals surface area contributed by atoms with E-state index in [0.29, 0.717) is 11.4 Å². The van der Waals surface area contributed by atoms with Gasteiger partial charge in [0, 0.05) is 18.0 Å². The first-order valence-corrected chi connectivity index (χ1v) is 11.4. The van der Waals surface area contributed by atoms with Gasteiger partial charge in [-0.2, -0.15) is 4.68 Å². The number of carbonyl (C=O) groups is 2. The van der Waals surface area contributed by atoms with Crippen molar-refractivity contribution in [2.75, 3.05) is 6.61 Å². The van der Waals surface area contributed by atoms with Gasteiger partial charge in [0.25, 0.3) is 0 Å². The summed E-state index contributed by atoms with van der Waals surface area (Å²) in [6.45, 7) is 1.25. The number of tetrazole rings is 1. The van der Waals surface area contributed by atoms with Crippen molar-refractivity contribution in [1.82, 2.24) is 24.8 Å². The molecule has 0 bridgehead atoms. The maximum atomic E-state index is 13.5. The smallest absolute Gasteiger partial charge is 0.357 e. The van der Waals surface area contributed by atoms with E-state index in [-0.39, 0.29) is 11.5 Å². The molecule has 0 aliphatic heterocycles.